The minimum absolute atomic E-state index is 0.131. The van der Waals surface area contributed by atoms with Crippen molar-refractivity contribution in [1.29, 1.82) is 0 Å². The van der Waals surface area contributed by atoms with Crippen LogP contribution in [0.3, 0.4) is 0 Å². The van der Waals surface area contributed by atoms with Crippen LogP contribution in [0.25, 0.3) is 0 Å². The van der Waals surface area contributed by atoms with Crippen LogP contribution in [0.5, 0.6) is 11.5 Å². The molecule has 1 aromatic rings. The molecule has 7 nitrogen and oxygen atoms in total. The van der Waals surface area contributed by atoms with Gasteiger partial charge in [-0.1, -0.05) is 33.3 Å². The first kappa shape index (κ1) is 22.3. The van der Waals surface area contributed by atoms with E-state index in [4.69, 9.17) is 18.9 Å². The van der Waals surface area contributed by atoms with Crippen molar-refractivity contribution in [1.82, 2.24) is 4.90 Å². The number of hydrogen-bond acceptors (Lipinski definition) is 7. The molecule has 2 unspecified atom stereocenters. The van der Waals surface area contributed by atoms with Gasteiger partial charge in [-0.05, 0) is 48.6 Å². The van der Waals surface area contributed by atoms with Crippen LogP contribution in [0, 0.1) is 11.8 Å². The highest BCUT2D eigenvalue weighted by atomic mass is 16.7. The topological polar surface area (TPSA) is 74.3 Å². The summed E-state index contributed by atoms with van der Waals surface area (Å²) in [4.78, 5) is 28.2. The number of esters is 2. The van der Waals surface area contributed by atoms with E-state index in [-0.39, 0.29) is 42.5 Å². The van der Waals surface area contributed by atoms with Crippen molar-refractivity contribution >= 4 is 11.9 Å². The first-order chi connectivity index (χ1) is 15.9. The predicted molar refractivity (Wildman–Crippen MR) is 121 cm³/mol. The van der Waals surface area contributed by atoms with Crippen molar-refractivity contribution in [3.05, 3.63) is 34.9 Å². The summed E-state index contributed by atoms with van der Waals surface area (Å²) in [5, 5.41) is 0. The van der Waals surface area contributed by atoms with Gasteiger partial charge in [0.1, 0.15) is 0 Å². The van der Waals surface area contributed by atoms with Crippen molar-refractivity contribution in [2.75, 3.05) is 13.3 Å². The third kappa shape index (κ3) is 3.80. The third-order valence-corrected chi connectivity index (χ3v) is 7.76. The molecule has 3 aliphatic heterocycles. The fraction of sp³-hybridized carbons (Fsp3) is 0.615. The summed E-state index contributed by atoms with van der Waals surface area (Å²) in [6.07, 6.45) is 3.17. The van der Waals surface area contributed by atoms with E-state index in [9.17, 15) is 9.59 Å². The van der Waals surface area contributed by atoms with Crippen LogP contribution in [-0.4, -0.2) is 48.4 Å². The average Bonchev–Trinajstić information content (AvgIpc) is 3.44. The van der Waals surface area contributed by atoms with Gasteiger partial charge in [0.15, 0.2) is 23.7 Å². The molecule has 0 aromatic heterocycles. The molecular formula is C26H33NO6. The average molecular weight is 456 g/mol. The van der Waals surface area contributed by atoms with Gasteiger partial charge >= 0.3 is 11.9 Å². The highest BCUT2D eigenvalue weighted by molar-refractivity contribution is 5.74. The number of hydrogen-bond donors (Lipinski definition) is 0. The Bertz CT molecular complexity index is 987. The first-order valence-corrected chi connectivity index (χ1v) is 12.2. The molecule has 0 spiro atoms. The van der Waals surface area contributed by atoms with Gasteiger partial charge in [-0.3, -0.25) is 14.5 Å². The van der Waals surface area contributed by atoms with Gasteiger partial charge in [0.2, 0.25) is 6.79 Å². The minimum Gasteiger partial charge on any atom is -0.457 e. The minimum atomic E-state index is -0.605. The molecule has 33 heavy (non-hydrogen) atoms. The number of ether oxygens (including phenoxy) is 4. The van der Waals surface area contributed by atoms with Crippen LogP contribution in [0.2, 0.25) is 0 Å². The largest absolute Gasteiger partial charge is 0.457 e. The maximum Gasteiger partial charge on any atom is 0.309 e. The zero-order valence-corrected chi connectivity index (χ0v) is 19.8. The number of nitrogens with zero attached hydrogens (tertiary/aromatic N) is 1. The second-order valence-corrected chi connectivity index (χ2v) is 9.76. The van der Waals surface area contributed by atoms with E-state index in [1.54, 1.807) is 0 Å². The van der Waals surface area contributed by atoms with Crippen molar-refractivity contribution in [3.8, 4) is 11.5 Å². The molecule has 0 N–H and O–H groups in total. The normalized spacial score (nSPS) is 28.9. The maximum atomic E-state index is 13.0. The highest BCUT2D eigenvalue weighted by Gasteiger charge is 2.52. The number of carbonyl (C=O) groups is 2. The predicted octanol–water partition coefficient (Wildman–Crippen LogP) is 3.94. The Morgan fingerprint density at radius 3 is 2.42 bits per heavy atom. The van der Waals surface area contributed by atoms with Crippen LogP contribution >= 0.6 is 0 Å². The van der Waals surface area contributed by atoms with E-state index in [1.807, 2.05) is 39.8 Å². The molecule has 5 rings (SSSR count). The summed E-state index contributed by atoms with van der Waals surface area (Å²) in [6, 6.07) is 4.22. The molecule has 6 atom stereocenters. The molecule has 0 bridgehead atoms. The Kier molecular flexibility index (Phi) is 5.85. The van der Waals surface area contributed by atoms with Crippen molar-refractivity contribution in [3.63, 3.8) is 0 Å². The summed E-state index contributed by atoms with van der Waals surface area (Å²) < 4.78 is 23.5. The van der Waals surface area contributed by atoms with Gasteiger partial charge in [0.25, 0.3) is 0 Å². The molecule has 0 radical (unpaired) electrons. The molecule has 178 valence electrons. The fourth-order valence-corrected chi connectivity index (χ4v) is 5.39. The molecule has 0 amide bonds. The van der Waals surface area contributed by atoms with Crippen molar-refractivity contribution in [2.45, 2.75) is 77.7 Å². The van der Waals surface area contributed by atoms with Crippen LogP contribution in [0.4, 0.5) is 0 Å². The SMILES string of the molecule is CCC(C)C(=O)O[C@H]1[C@H]2c3cc4c(cc3CN3CCC(=C[C@@H]1OC(=O)C(C)CC)[C@H]23)OCO4. The Balaban J connectivity index is 1.57. The molecule has 1 aromatic carbocycles. The Morgan fingerprint density at radius 2 is 1.73 bits per heavy atom. The van der Waals surface area contributed by atoms with Crippen LogP contribution < -0.4 is 9.47 Å². The van der Waals surface area contributed by atoms with E-state index in [0.29, 0.717) is 12.8 Å². The number of rotatable bonds is 6. The van der Waals surface area contributed by atoms with Crippen LogP contribution in [0.1, 0.15) is 64.0 Å². The second kappa shape index (κ2) is 8.67. The molecule has 7 heteroatoms. The van der Waals surface area contributed by atoms with Gasteiger partial charge < -0.3 is 18.9 Å². The summed E-state index contributed by atoms with van der Waals surface area (Å²) in [5.41, 5.74) is 3.51. The lowest BCUT2D eigenvalue weighted by Crippen LogP contribution is -2.53. The molecule has 1 fully saturated rings. The molecule has 1 saturated heterocycles. The summed E-state index contributed by atoms with van der Waals surface area (Å²) in [6.45, 7) is 9.64. The molecule has 1 aliphatic carbocycles. The van der Waals surface area contributed by atoms with E-state index in [0.717, 1.165) is 42.1 Å². The number of benzene rings is 1. The molecule has 3 heterocycles. The second-order valence-electron chi connectivity index (χ2n) is 9.76. The lowest BCUT2D eigenvalue weighted by atomic mass is 9.73. The van der Waals surface area contributed by atoms with Crippen molar-refractivity contribution in [2.24, 2.45) is 11.8 Å². The first-order valence-electron chi connectivity index (χ1n) is 12.2. The summed E-state index contributed by atoms with van der Waals surface area (Å²) in [5.74, 6) is 0.413. The van der Waals surface area contributed by atoms with E-state index in [1.165, 1.54) is 5.57 Å². The quantitative estimate of drug-likeness (QED) is 0.475. The molecule has 4 aliphatic rings. The molecule has 0 saturated carbocycles. The van der Waals surface area contributed by atoms with Gasteiger partial charge in [-0.25, -0.2) is 0 Å². The van der Waals surface area contributed by atoms with Gasteiger partial charge in [0, 0.05) is 25.0 Å². The zero-order valence-electron chi connectivity index (χ0n) is 19.8. The van der Waals surface area contributed by atoms with Crippen LogP contribution in [0.15, 0.2) is 23.8 Å². The molecular weight excluding hydrogens is 422 g/mol. The van der Waals surface area contributed by atoms with E-state index >= 15 is 0 Å². The lowest BCUT2D eigenvalue weighted by molar-refractivity contribution is -0.173. The lowest BCUT2D eigenvalue weighted by Gasteiger charge is -2.46. The summed E-state index contributed by atoms with van der Waals surface area (Å²) in [7, 11) is 0. The van der Waals surface area contributed by atoms with Crippen molar-refractivity contribution < 1.29 is 28.5 Å². The van der Waals surface area contributed by atoms with E-state index < -0.39 is 12.2 Å². The Morgan fingerprint density at radius 1 is 1.06 bits per heavy atom. The fourth-order valence-electron chi connectivity index (χ4n) is 5.39. The zero-order chi connectivity index (χ0) is 23.3. The number of fused-ring (bicyclic) bond motifs is 3. The third-order valence-electron chi connectivity index (χ3n) is 7.76. The maximum absolute atomic E-state index is 13.0. The summed E-state index contributed by atoms with van der Waals surface area (Å²) >= 11 is 0. The monoisotopic (exact) mass is 455 g/mol. The van der Waals surface area contributed by atoms with Gasteiger partial charge in [-0.2, -0.15) is 0 Å². The standard InChI is InChI=1S/C26H33NO6/c1-5-14(3)25(28)32-21-9-16-7-8-27-12-17-10-19-20(31-13-30-19)11-18(17)22(23(16)27)24(21)33-26(29)15(4)6-2/h9-11,14-15,21-24H,5-8,12-13H2,1-4H3/t14?,15?,21-,22-,23+,24+/m0/s1. The van der Waals surface area contributed by atoms with E-state index in [2.05, 4.69) is 11.0 Å². The Hall–Kier alpha value is -2.54. The smallest absolute Gasteiger partial charge is 0.309 e. The Labute approximate surface area is 195 Å². The highest BCUT2D eigenvalue weighted by Crippen LogP contribution is 2.51. The number of carbonyl (C=O) groups excluding carboxylic acids is 2. The van der Waals surface area contributed by atoms with Gasteiger partial charge in [-0.15, -0.1) is 0 Å². The van der Waals surface area contributed by atoms with Gasteiger partial charge in [0.05, 0.1) is 11.8 Å². The van der Waals surface area contributed by atoms with Crippen LogP contribution in [-0.2, 0) is 25.6 Å².